The van der Waals surface area contributed by atoms with Gasteiger partial charge in [-0.15, -0.1) is 0 Å². The molecule has 1 fully saturated rings. The molecule has 1 saturated heterocycles. The fourth-order valence-electron chi connectivity index (χ4n) is 3.44. The van der Waals surface area contributed by atoms with Crippen LogP contribution in [0.25, 0.3) is 0 Å². The van der Waals surface area contributed by atoms with Crippen LogP contribution in [-0.4, -0.2) is 56.8 Å². The molecule has 2 aromatic carbocycles. The Hall–Kier alpha value is -2.59. The molecule has 0 saturated carbocycles. The van der Waals surface area contributed by atoms with Gasteiger partial charge in [0.1, 0.15) is 5.75 Å². The van der Waals surface area contributed by atoms with E-state index in [1.54, 1.807) is 12.0 Å². The third-order valence-electron chi connectivity index (χ3n) is 5.19. The van der Waals surface area contributed by atoms with Crippen molar-refractivity contribution in [1.82, 2.24) is 9.21 Å². The molecule has 0 spiro atoms. The summed E-state index contributed by atoms with van der Waals surface area (Å²) in [4.78, 5) is 13.3. The maximum Gasteiger partial charge on any atom is 0.417 e. The molecule has 0 unspecified atom stereocenters. The highest BCUT2D eigenvalue weighted by molar-refractivity contribution is 7.89. The van der Waals surface area contributed by atoms with Crippen molar-refractivity contribution in [1.29, 1.82) is 0 Å². The zero-order valence-electron chi connectivity index (χ0n) is 16.9. The molecule has 3 rings (SSSR count). The lowest BCUT2D eigenvalue weighted by Gasteiger charge is -2.34. The third-order valence-corrected chi connectivity index (χ3v) is 7.15. The second-order valence-corrected chi connectivity index (χ2v) is 9.03. The lowest BCUT2D eigenvalue weighted by atomic mass is 10.1. The quantitative estimate of drug-likeness (QED) is 0.670. The Bertz CT molecular complexity index is 1020. The number of methoxy groups -OCH3 is 1. The average Bonchev–Trinajstić information content (AvgIpc) is 2.77. The van der Waals surface area contributed by atoms with Gasteiger partial charge in [0.25, 0.3) is 0 Å². The molecule has 168 valence electrons. The predicted molar refractivity (Wildman–Crippen MR) is 108 cm³/mol. The minimum Gasteiger partial charge on any atom is -0.497 e. The zero-order chi connectivity index (χ0) is 22.6. The molecule has 1 aliphatic rings. The van der Waals surface area contributed by atoms with Gasteiger partial charge in [0.15, 0.2) is 0 Å². The number of ether oxygens (including phenoxy) is 1. The van der Waals surface area contributed by atoms with Crippen molar-refractivity contribution in [2.75, 3.05) is 33.3 Å². The molecule has 10 heteroatoms. The van der Waals surface area contributed by atoms with Crippen molar-refractivity contribution in [2.45, 2.75) is 23.9 Å². The summed E-state index contributed by atoms with van der Waals surface area (Å²) in [5.41, 5.74) is -0.216. The number of nitrogens with zero attached hydrogens (tertiary/aromatic N) is 2. The maximum absolute atomic E-state index is 13.2. The van der Waals surface area contributed by atoms with Gasteiger partial charge in [-0.3, -0.25) is 4.79 Å². The van der Waals surface area contributed by atoms with E-state index in [1.165, 1.54) is 6.07 Å². The summed E-state index contributed by atoms with van der Waals surface area (Å²) < 4.78 is 71.4. The lowest BCUT2D eigenvalue weighted by Crippen LogP contribution is -2.50. The van der Waals surface area contributed by atoms with Crippen LogP contribution in [0.3, 0.4) is 0 Å². The molecule has 0 aliphatic carbocycles. The minimum atomic E-state index is -4.77. The van der Waals surface area contributed by atoms with Crippen LogP contribution in [0.2, 0.25) is 0 Å². The zero-order valence-corrected chi connectivity index (χ0v) is 17.7. The number of halogens is 3. The summed E-state index contributed by atoms with van der Waals surface area (Å²) >= 11 is 0. The van der Waals surface area contributed by atoms with E-state index in [4.69, 9.17) is 4.74 Å². The number of benzene rings is 2. The Morgan fingerprint density at radius 3 is 2.19 bits per heavy atom. The van der Waals surface area contributed by atoms with Crippen LogP contribution in [0, 0.1) is 0 Å². The summed E-state index contributed by atoms with van der Waals surface area (Å²) in [5, 5.41) is 0. The van der Waals surface area contributed by atoms with Gasteiger partial charge < -0.3 is 9.64 Å². The largest absolute Gasteiger partial charge is 0.497 e. The Balaban J connectivity index is 1.60. The smallest absolute Gasteiger partial charge is 0.417 e. The van der Waals surface area contributed by atoms with Gasteiger partial charge in [-0.25, -0.2) is 8.42 Å². The number of rotatable bonds is 6. The van der Waals surface area contributed by atoms with Crippen molar-refractivity contribution in [2.24, 2.45) is 0 Å². The van der Waals surface area contributed by atoms with E-state index in [0.717, 1.165) is 33.8 Å². The Morgan fingerprint density at radius 2 is 1.61 bits per heavy atom. The molecule has 0 bridgehead atoms. The first-order valence-corrected chi connectivity index (χ1v) is 11.1. The van der Waals surface area contributed by atoms with Crippen LogP contribution in [0.5, 0.6) is 5.75 Å². The molecular weight excluding hydrogens is 433 g/mol. The Morgan fingerprint density at radius 1 is 1.00 bits per heavy atom. The number of hydrogen-bond acceptors (Lipinski definition) is 4. The van der Waals surface area contributed by atoms with Crippen LogP contribution in [0.4, 0.5) is 13.2 Å². The summed E-state index contributed by atoms with van der Waals surface area (Å²) in [6.07, 6.45) is -3.99. The first-order valence-electron chi connectivity index (χ1n) is 9.70. The van der Waals surface area contributed by atoms with Crippen LogP contribution in [0.1, 0.15) is 17.5 Å². The molecule has 0 N–H and O–H groups in total. The summed E-state index contributed by atoms with van der Waals surface area (Å²) in [6, 6.07) is 11.5. The second-order valence-electron chi connectivity index (χ2n) is 7.13. The van der Waals surface area contributed by atoms with E-state index in [1.807, 2.05) is 24.3 Å². The molecule has 1 heterocycles. The Kier molecular flexibility index (Phi) is 6.90. The number of amides is 1. The van der Waals surface area contributed by atoms with Gasteiger partial charge in [-0.2, -0.15) is 17.5 Å². The fourth-order valence-corrected chi connectivity index (χ4v) is 5.08. The van der Waals surface area contributed by atoms with Gasteiger partial charge in [-0.1, -0.05) is 24.3 Å². The Labute approximate surface area is 179 Å². The molecule has 31 heavy (non-hydrogen) atoms. The monoisotopic (exact) mass is 456 g/mol. The molecular formula is C21H23F3N2O4S. The van der Waals surface area contributed by atoms with Crippen LogP contribution >= 0.6 is 0 Å². The number of hydrogen-bond donors (Lipinski definition) is 0. The number of alkyl halides is 3. The molecule has 0 radical (unpaired) electrons. The van der Waals surface area contributed by atoms with Gasteiger partial charge in [0, 0.05) is 32.6 Å². The van der Waals surface area contributed by atoms with Crippen LogP contribution < -0.4 is 4.74 Å². The van der Waals surface area contributed by atoms with E-state index in [-0.39, 0.29) is 38.5 Å². The van der Waals surface area contributed by atoms with Crippen molar-refractivity contribution >= 4 is 15.9 Å². The van der Waals surface area contributed by atoms with E-state index < -0.39 is 26.7 Å². The van der Waals surface area contributed by atoms with Crippen LogP contribution in [-0.2, 0) is 27.4 Å². The van der Waals surface area contributed by atoms with E-state index in [0.29, 0.717) is 6.42 Å². The highest BCUT2D eigenvalue weighted by Gasteiger charge is 2.39. The molecule has 6 nitrogen and oxygen atoms in total. The maximum atomic E-state index is 13.2. The molecule has 1 amide bonds. The minimum absolute atomic E-state index is 0.0528. The number of carbonyl (C=O) groups excluding carboxylic acids is 1. The van der Waals surface area contributed by atoms with Gasteiger partial charge in [-0.05, 0) is 36.2 Å². The summed E-state index contributed by atoms with van der Waals surface area (Å²) in [7, 11) is -2.75. The molecule has 2 aromatic rings. The first-order chi connectivity index (χ1) is 14.6. The van der Waals surface area contributed by atoms with Gasteiger partial charge in [0.05, 0.1) is 17.6 Å². The number of sulfonamides is 1. The van der Waals surface area contributed by atoms with E-state index >= 15 is 0 Å². The highest BCUT2D eigenvalue weighted by atomic mass is 32.2. The van der Waals surface area contributed by atoms with Crippen LogP contribution in [0.15, 0.2) is 53.4 Å². The first kappa shape index (κ1) is 23.1. The fraction of sp³-hybridized carbons (Fsp3) is 0.381. The van der Waals surface area contributed by atoms with Crippen molar-refractivity contribution < 1.29 is 31.1 Å². The number of carbonyl (C=O) groups is 1. The second kappa shape index (κ2) is 9.27. The molecule has 1 aliphatic heterocycles. The van der Waals surface area contributed by atoms with Crippen molar-refractivity contribution in [3.05, 3.63) is 59.7 Å². The lowest BCUT2D eigenvalue weighted by molar-refractivity contribution is -0.139. The van der Waals surface area contributed by atoms with Crippen molar-refractivity contribution in [3.63, 3.8) is 0 Å². The molecule has 0 aromatic heterocycles. The van der Waals surface area contributed by atoms with Crippen molar-refractivity contribution in [3.8, 4) is 5.75 Å². The summed E-state index contributed by atoms with van der Waals surface area (Å²) in [5.74, 6) is 0.600. The third kappa shape index (κ3) is 5.37. The van der Waals surface area contributed by atoms with Gasteiger partial charge >= 0.3 is 6.18 Å². The standard InChI is InChI=1S/C21H23F3N2O4S/c1-30-17-9-6-16(7-10-17)8-11-20(27)25-12-14-26(15-13-25)31(28,29)19-5-3-2-4-18(19)21(22,23)24/h2-7,9-10H,8,11-15H2,1H3. The highest BCUT2D eigenvalue weighted by Crippen LogP contribution is 2.35. The average molecular weight is 456 g/mol. The van der Waals surface area contributed by atoms with E-state index in [9.17, 15) is 26.4 Å². The predicted octanol–water partition coefficient (Wildman–Crippen LogP) is 3.18. The molecule has 0 atom stereocenters. The number of piperazine rings is 1. The topological polar surface area (TPSA) is 66.9 Å². The number of aryl methyl sites for hydroxylation is 1. The summed E-state index contributed by atoms with van der Waals surface area (Å²) in [6.45, 7) is 0.162. The SMILES string of the molecule is COc1ccc(CCC(=O)N2CCN(S(=O)(=O)c3ccccc3C(F)(F)F)CC2)cc1. The normalized spacial score (nSPS) is 15.7. The van der Waals surface area contributed by atoms with Gasteiger partial charge in [0.2, 0.25) is 15.9 Å². The van der Waals surface area contributed by atoms with E-state index in [2.05, 4.69) is 0 Å².